The molecule has 1 aromatic carbocycles. The van der Waals surface area contributed by atoms with Gasteiger partial charge in [0, 0.05) is 0 Å². The standard InChI is InChI=1S/C8H10N.2K/c1-2-7-3-5-8(9)6-4-7;;/h3-6,9H,2H2,1H3;;/q-1;2*+1. The van der Waals surface area contributed by atoms with Gasteiger partial charge in [-0.2, -0.15) is 0 Å². The van der Waals surface area contributed by atoms with Crippen LogP contribution >= 0.6 is 0 Å². The Labute approximate surface area is 153 Å². The molecule has 0 atom stereocenters. The van der Waals surface area contributed by atoms with Gasteiger partial charge in [-0.15, -0.1) is 5.69 Å². The number of aryl methyl sites for hydroxylation is 1. The molecule has 0 fully saturated rings. The Bertz CT molecular complexity index is 184. The Balaban J connectivity index is 0. The summed E-state index contributed by atoms with van der Waals surface area (Å²) in [6.45, 7) is 2.11. The van der Waals surface area contributed by atoms with Gasteiger partial charge >= 0.3 is 103 Å². The van der Waals surface area contributed by atoms with E-state index >= 15 is 0 Å². The van der Waals surface area contributed by atoms with E-state index in [4.69, 9.17) is 5.73 Å². The molecule has 1 rings (SSSR count). The average molecular weight is 198 g/mol. The van der Waals surface area contributed by atoms with Crippen molar-refractivity contribution in [3.05, 3.63) is 35.6 Å². The fourth-order valence-corrected chi connectivity index (χ4v) is 0.740. The summed E-state index contributed by atoms with van der Waals surface area (Å²) in [6, 6.07) is 7.61. The van der Waals surface area contributed by atoms with Gasteiger partial charge in [-0.3, -0.25) is 0 Å². The van der Waals surface area contributed by atoms with E-state index in [1.807, 2.05) is 24.3 Å². The number of nitrogens with one attached hydrogen (secondary N) is 1. The van der Waals surface area contributed by atoms with E-state index < -0.39 is 0 Å². The molecule has 0 heterocycles. The summed E-state index contributed by atoms with van der Waals surface area (Å²) in [5.41, 5.74) is 9.05. The van der Waals surface area contributed by atoms with Crippen molar-refractivity contribution in [2.24, 2.45) is 0 Å². The molecule has 0 spiro atoms. The zero-order chi connectivity index (χ0) is 6.69. The Kier molecular flexibility index (Phi) is 12.7. The molecule has 0 unspecified atom stereocenters. The van der Waals surface area contributed by atoms with E-state index in [2.05, 4.69) is 6.92 Å². The van der Waals surface area contributed by atoms with Gasteiger partial charge in [0.2, 0.25) is 0 Å². The normalized spacial score (nSPS) is 7.73. The van der Waals surface area contributed by atoms with Crippen LogP contribution < -0.4 is 103 Å². The summed E-state index contributed by atoms with van der Waals surface area (Å²) in [6.07, 6.45) is 1.06. The van der Waals surface area contributed by atoms with Crippen LogP contribution in [0, 0.1) is 0 Å². The second kappa shape index (κ2) is 8.87. The first-order valence-electron chi connectivity index (χ1n) is 3.13. The minimum atomic E-state index is 0. The third-order valence-corrected chi connectivity index (χ3v) is 1.36. The molecule has 0 saturated carbocycles. The molecule has 0 aromatic heterocycles. The molecule has 1 N–H and O–H groups in total. The molecule has 1 nitrogen and oxygen atoms in total. The smallest absolute Gasteiger partial charge is 0.699 e. The maximum atomic E-state index is 7.17. The van der Waals surface area contributed by atoms with Crippen molar-refractivity contribution in [3.63, 3.8) is 0 Å². The third-order valence-electron chi connectivity index (χ3n) is 1.36. The van der Waals surface area contributed by atoms with Gasteiger partial charge in [-0.1, -0.05) is 31.2 Å². The largest absolute Gasteiger partial charge is 1.00 e. The van der Waals surface area contributed by atoms with Crippen molar-refractivity contribution >= 4 is 5.69 Å². The molecular weight excluding hydrogens is 188 g/mol. The van der Waals surface area contributed by atoms with E-state index in [0.29, 0.717) is 5.69 Å². The Morgan fingerprint density at radius 1 is 1.09 bits per heavy atom. The van der Waals surface area contributed by atoms with Crippen LogP contribution in [-0.2, 0) is 6.42 Å². The molecule has 0 radical (unpaired) electrons. The van der Waals surface area contributed by atoms with Crippen LogP contribution in [0.5, 0.6) is 0 Å². The second-order valence-electron chi connectivity index (χ2n) is 2.05. The number of hydrogen-bond donors (Lipinski definition) is 0. The van der Waals surface area contributed by atoms with E-state index in [-0.39, 0.29) is 103 Å². The maximum Gasteiger partial charge on any atom is 1.00 e. The molecule has 0 aliphatic heterocycles. The third kappa shape index (κ3) is 6.37. The second-order valence-corrected chi connectivity index (χ2v) is 2.05. The molecule has 0 bridgehead atoms. The summed E-state index contributed by atoms with van der Waals surface area (Å²) < 4.78 is 0. The molecule has 1 aromatic rings. The number of benzene rings is 1. The van der Waals surface area contributed by atoms with Crippen molar-refractivity contribution in [1.82, 2.24) is 0 Å². The fraction of sp³-hybridized carbons (Fsp3) is 0.250. The monoisotopic (exact) mass is 198 g/mol. The van der Waals surface area contributed by atoms with Crippen LogP contribution in [0.4, 0.5) is 5.69 Å². The van der Waals surface area contributed by atoms with Gasteiger partial charge in [-0.05, 0) is 12.0 Å². The molecule has 3 heteroatoms. The summed E-state index contributed by atoms with van der Waals surface area (Å²) in [7, 11) is 0. The fourth-order valence-electron chi connectivity index (χ4n) is 0.740. The maximum absolute atomic E-state index is 7.17. The van der Waals surface area contributed by atoms with Gasteiger partial charge in [0.05, 0.1) is 0 Å². The van der Waals surface area contributed by atoms with Crippen molar-refractivity contribution in [1.29, 1.82) is 0 Å². The first-order chi connectivity index (χ1) is 4.33. The summed E-state index contributed by atoms with van der Waals surface area (Å²) in [5.74, 6) is 0. The first-order valence-corrected chi connectivity index (χ1v) is 3.13. The van der Waals surface area contributed by atoms with E-state index in [0.717, 1.165) is 6.42 Å². The average Bonchev–Trinajstić information content (AvgIpc) is 1.90. The zero-order valence-corrected chi connectivity index (χ0v) is 13.8. The molecule has 48 valence electrons. The van der Waals surface area contributed by atoms with Gasteiger partial charge in [-0.25, -0.2) is 0 Å². The molecule has 0 aliphatic rings. The van der Waals surface area contributed by atoms with E-state index in [1.165, 1.54) is 5.56 Å². The predicted octanol–water partition coefficient (Wildman–Crippen LogP) is -3.06. The van der Waals surface area contributed by atoms with Crippen molar-refractivity contribution in [3.8, 4) is 0 Å². The Morgan fingerprint density at radius 2 is 1.55 bits per heavy atom. The molecular formula is C8H10K2N+. The SMILES string of the molecule is CCc1ccc([NH-])cc1.[K+].[K+]. The topological polar surface area (TPSA) is 23.8 Å². The number of hydrogen-bond acceptors (Lipinski definition) is 0. The minimum absolute atomic E-state index is 0. The molecule has 0 aliphatic carbocycles. The first kappa shape index (κ1) is 15.8. The van der Waals surface area contributed by atoms with Crippen LogP contribution in [0.1, 0.15) is 12.5 Å². The van der Waals surface area contributed by atoms with E-state index in [1.54, 1.807) is 0 Å². The van der Waals surface area contributed by atoms with Gasteiger partial charge in [0.1, 0.15) is 0 Å². The molecule has 0 amide bonds. The Morgan fingerprint density at radius 3 is 1.91 bits per heavy atom. The quantitative estimate of drug-likeness (QED) is 0.428. The summed E-state index contributed by atoms with van der Waals surface area (Å²) in [5, 5.41) is 0. The van der Waals surface area contributed by atoms with Crippen LogP contribution in [0.2, 0.25) is 0 Å². The number of rotatable bonds is 1. The summed E-state index contributed by atoms with van der Waals surface area (Å²) in [4.78, 5) is 0. The van der Waals surface area contributed by atoms with Gasteiger partial charge in [0.15, 0.2) is 0 Å². The van der Waals surface area contributed by atoms with Crippen LogP contribution in [0.25, 0.3) is 5.73 Å². The molecule has 11 heavy (non-hydrogen) atoms. The van der Waals surface area contributed by atoms with Gasteiger partial charge in [0.25, 0.3) is 0 Å². The predicted molar refractivity (Wildman–Crippen MR) is 39.8 cm³/mol. The minimum Gasteiger partial charge on any atom is -0.699 e. The van der Waals surface area contributed by atoms with Crippen LogP contribution in [-0.4, -0.2) is 0 Å². The van der Waals surface area contributed by atoms with E-state index in [9.17, 15) is 0 Å². The Hall–Kier alpha value is 2.29. The van der Waals surface area contributed by atoms with Crippen LogP contribution in [0.3, 0.4) is 0 Å². The van der Waals surface area contributed by atoms with Gasteiger partial charge < -0.3 is 5.73 Å². The zero-order valence-electron chi connectivity index (χ0n) is 7.52. The molecule has 0 saturated heterocycles. The van der Waals surface area contributed by atoms with Crippen molar-refractivity contribution < 1.29 is 103 Å². The summed E-state index contributed by atoms with van der Waals surface area (Å²) >= 11 is 0. The van der Waals surface area contributed by atoms with Crippen LogP contribution in [0.15, 0.2) is 24.3 Å². The van der Waals surface area contributed by atoms with Crippen molar-refractivity contribution in [2.75, 3.05) is 0 Å². The van der Waals surface area contributed by atoms with Crippen molar-refractivity contribution in [2.45, 2.75) is 13.3 Å².